The standard InChI is InChI=1S/C17H26N2O2/c1-3-14(2)17(20)18-12-15-6-4-5-7-16(15)13-19-8-10-21-11-9-19/h4-7,14H,3,8-13H2,1-2H3,(H,18,20). The van der Waals surface area contributed by atoms with Gasteiger partial charge in [-0.1, -0.05) is 38.1 Å². The van der Waals surface area contributed by atoms with Gasteiger partial charge in [-0.15, -0.1) is 0 Å². The molecule has 116 valence electrons. The zero-order valence-corrected chi connectivity index (χ0v) is 13.1. The number of hydrogen-bond acceptors (Lipinski definition) is 3. The fraction of sp³-hybridized carbons (Fsp3) is 0.588. The fourth-order valence-electron chi connectivity index (χ4n) is 2.43. The first-order chi connectivity index (χ1) is 10.2. The molecule has 1 aromatic carbocycles. The van der Waals surface area contributed by atoms with Gasteiger partial charge in [0.1, 0.15) is 0 Å². The van der Waals surface area contributed by atoms with Crippen molar-refractivity contribution in [2.75, 3.05) is 26.3 Å². The predicted octanol–water partition coefficient (Wildman–Crippen LogP) is 2.18. The third-order valence-corrected chi connectivity index (χ3v) is 4.13. The summed E-state index contributed by atoms with van der Waals surface area (Å²) in [7, 11) is 0. The zero-order valence-electron chi connectivity index (χ0n) is 13.1. The van der Waals surface area contributed by atoms with E-state index in [2.05, 4.69) is 28.4 Å². The SMILES string of the molecule is CCC(C)C(=O)NCc1ccccc1CN1CCOCC1. The highest BCUT2D eigenvalue weighted by molar-refractivity contribution is 5.78. The third kappa shape index (κ3) is 4.83. The molecule has 1 aromatic rings. The largest absolute Gasteiger partial charge is 0.379 e. The normalized spacial score (nSPS) is 17.4. The van der Waals surface area contributed by atoms with Crippen LogP contribution in [-0.2, 0) is 22.6 Å². The number of amides is 1. The van der Waals surface area contributed by atoms with Crippen molar-refractivity contribution in [2.24, 2.45) is 5.92 Å². The summed E-state index contributed by atoms with van der Waals surface area (Å²) < 4.78 is 5.39. The summed E-state index contributed by atoms with van der Waals surface area (Å²) in [4.78, 5) is 14.3. The highest BCUT2D eigenvalue weighted by Crippen LogP contribution is 2.13. The van der Waals surface area contributed by atoms with Crippen molar-refractivity contribution in [1.82, 2.24) is 10.2 Å². The Bertz CT molecular complexity index is 456. The molecule has 4 heteroatoms. The summed E-state index contributed by atoms with van der Waals surface area (Å²) in [5.41, 5.74) is 2.50. The van der Waals surface area contributed by atoms with Crippen molar-refractivity contribution in [2.45, 2.75) is 33.4 Å². The number of rotatable bonds is 6. The first kappa shape index (κ1) is 16.0. The monoisotopic (exact) mass is 290 g/mol. The minimum Gasteiger partial charge on any atom is -0.379 e. The molecule has 1 unspecified atom stereocenters. The van der Waals surface area contributed by atoms with Crippen LogP contribution in [0.5, 0.6) is 0 Å². The van der Waals surface area contributed by atoms with E-state index in [9.17, 15) is 4.79 Å². The van der Waals surface area contributed by atoms with Gasteiger partial charge in [0.2, 0.25) is 5.91 Å². The highest BCUT2D eigenvalue weighted by atomic mass is 16.5. The van der Waals surface area contributed by atoms with Crippen molar-refractivity contribution in [3.8, 4) is 0 Å². The lowest BCUT2D eigenvalue weighted by Crippen LogP contribution is -2.36. The maximum absolute atomic E-state index is 11.9. The highest BCUT2D eigenvalue weighted by Gasteiger charge is 2.14. The second kappa shape index (κ2) is 8.15. The number of benzene rings is 1. The average Bonchev–Trinajstić information content (AvgIpc) is 2.54. The van der Waals surface area contributed by atoms with Crippen molar-refractivity contribution in [1.29, 1.82) is 0 Å². The maximum atomic E-state index is 11.9. The molecule has 1 aliphatic rings. The molecule has 4 nitrogen and oxygen atoms in total. The Morgan fingerprint density at radius 3 is 2.62 bits per heavy atom. The van der Waals surface area contributed by atoms with Gasteiger partial charge in [0.05, 0.1) is 13.2 Å². The van der Waals surface area contributed by atoms with Crippen LogP contribution < -0.4 is 5.32 Å². The van der Waals surface area contributed by atoms with Crippen molar-refractivity contribution < 1.29 is 9.53 Å². The van der Waals surface area contributed by atoms with E-state index in [0.29, 0.717) is 6.54 Å². The molecule has 1 amide bonds. The molecule has 0 bridgehead atoms. The molecule has 1 fully saturated rings. The van der Waals surface area contributed by atoms with Gasteiger partial charge in [0.15, 0.2) is 0 Å². The second-order valence-corrected chi connectivity index (χ2v) is 5.68. The molecule has 1 N–H and O–H groups in total. The number of nitrogens with one attached hydrogen (secondary N) is 1. The Kier molecular flexibility index (Phi) is 6.21. The first-order valence-electron chi connectivity index (χ1n) is 7.85. The molecule has 0 spiro atoms. The van der Waals surface area contributed by atoms with E-state index in [1.54, 1.807) is 0 Å². The van der Waals surface area contributed by atoms with Gasteiger partial charge in [-0.05, 0) is 17.5 Å². The summed E-state index contributed by atoms with van der Waals surface area (Å²) in [5, 5.41) is 3.05. The lowest BCUT2D eigenvalue weighted by atomic mass is 10.1. The summed E-state index contributed by atoms with van der Waals surface area (Å²) in [5.74, 6) is 0.218. The van der Waals surface area contributed by atoms with E-state index in [0.717, 1.165) is 39.3 Å². The Hall–Kier alpha value is -1.39. The Balaban J connectivity index is 1.94. The topological polar surface area (TPSA) is 41.6 Å². The summed E-state index contributed by atoms with van der Waals surface area (Å²) in [6.07, 6.45) is 0.876. The van der Waals surface area contributed by atoms with Crippen LogP contribution >= 0.6 is 0 Å². The fourth-order valence-corrected chi connectivity index (χ4v) is 2.43. The lowest BCUT2D eigenvalue weighted by molar-refractivity contribution is -0.124. The van der Waals surface area contributed by atoms with Crippen molar-refractivity contribution in [3.05, 3.63) is 35.4 Å². The molecule has 1 aliphatic heterocycles. The van der Waals surface area contributed by atoms with E-state index in [1.165, 1.54) is 11.1 Å². The van der Waals surface area contributed by atoms with E-state index < -0.39 is 0 Å². The quantitative estimate of drug-likeness (QED) is 0.873. The Labute approximate surface area is 127 Å². The van der Waals surface area contributed by atoms with Gasteiger partial charge in [0, 0.05) is 32.1 Å². The molecule has 2 rings (SSSR count). The van der Waals surface area contributed by atoms with Crippen LogP contribution in [0.25, 0.3) is 0 Å². The van der Waals surface area contributed by atoms with E-state index in [-0.39, 0.29) is 11.8 Å². The summed E-state index contributed by atoms with van der Waals surface area (Å²) >= 11 is 0. The van der Waals surface area contributed by atoms with Crippen LogP contribution in [-0.4, -0.2) is 37.1 Å². The molecule has 0 aliphatic carbocycles. The molecule has 1 saturated heterocycles. The first-order valence-corrected chi connectivity index (χ1v) is 7.85. The predicted molar refractivity (Wildman–Crippen MR) is 83.8 cm³/mol. The third-order valence-electron chi connectivity index (χ3n) is 4.13. The minimum absolute atomic E-state index is 0.0800. The van der Waals surface area contributed by atoms with E-state index >= 15 is 0 Å². The number of hydrogen-bond donors (Lipinski definition) is 1. The average molecular weight is 290 g/mol. The number of ether oxygens (including phenoxy) is 1. The van der Waals surface area contributed by atoms with Gasteiger partial charge in [-0.25, -0.2) is 0 Å². The van der Waals surface area contributed by atoms with E-state index in [1.807, 2.05) is 19.9 Å². The number of morpholine rings is 1. The zero-order chi connectivity index (χ0) is 15.1. The molecular weight excluding hydrogens is 264 g/mol. The van der Waals surface area contributed by atoms with Crippen molar-refractivity contribution >= 4 is 5.91 Å². The number of nitrogens with zero attached hydrogens (tertiary/aromatic N) is 1. The Morgan fingerprint density at radius 1 is 1.29 bits per heavy atom. The van der Waals surface area contributed by atoms with Crippen LogP contribution in [0.1, 0.15) is 31.4 Å². The minimum atomic E-state index is 0.0800. The number of carbonyl (C=O) groups is 1. The lowest BCUT2D eigenvalue weighted by Gasteiger charge is -2.27. The number of carbonyl (C=O) groups excluding carboxylic acids is 1. The van der Waals surface area contributed by atoms with Gasteiger partial charge in [-0.3, -0.25) is 9.69 Å². The van der Waals surface area contributed by atoms with Gasteiger partial charge < -0.3 is 10.1 Å². The molecular formula is C17H26N2O2. The van der Waals surface area contributed by atoms with Gasteiger partial charge in [0.25, 0.3) is 0 Å². The molecule has 1 atom stereocenters. The summed E-state index contributed by atoms with van der Waals surface area (Å²) in [6.45, 7) is 9.13. The van der Waals surface area contributed by atoms with Crippen LogP contribution in [0.2, 0.25) is 0 Å². The van der Waals surface area contributed by atoms with Crippen LogP contribution in [0, 0.1) is 5.92 Å². The van der Waals surface area contributed by atoms with Crippen molar-refractivity contribution in [3.63, 3.8) is 0 Å². The molecule has 0 aromatic heterocycles. The second-order valence-electron chi connectivity index (χ2n) is 5.68. The van der Waals surface area contributed by atoms with Gasteiger partial charge in [-0.2, -0.15) is 0 Å². The van der Waals surface area contributed by atoms with Crippen LogP contribution in [0.4, 0.5) is 0 Å². The van der Waals surface area contributed by atoms with E-state index in [4.69, 9.17) is 4.74 Å². The van der Waals surface area contributed by atoms with Crippen LogP contribution in [0.15, 0.2) is 24.3 Å². The Morgan fingerprint density at radius 2 is 1.95 bits per heavy atom. The smallest absolute Gasteiger partial charge is 0.223 e. The molecule has 0 saturated carbocycles. The molecule has 0 radical (unpaired) electrons. The maximum Gasteiger partial charge on any atom is 0.223 e. The van der Waals surface area contributed by atoms with Gasteiger partial charge >= 0.3 is 0 Å². The van der Waals surface area contributed by atoms with Crippen LogP contribution in [0.3, 0.4) is 0 Å². The summed E-state index contributed by atoms with van der Waals surface area (Å²) in [6, 6.07) is 8.36. The molecule has 1 heterocycles. The molecule has 21 heavy (non-hydrogen) atoms.